The number of aliphatic imine (C=N–C) groups is 1. The molecule has 1 saturated carbocycles. The van der Waals surface area contributed by atoms with Crippen LogP contribution in [-0.2, 0) is 22.6 Å². The molecule has 1 aliphatic carbocycles. The maximum absolute atomic E-state index is 6.05. The Balaban J connectivity index is 1.44. The van der Waals surface area contributed by atoms with Crippen molar-refractivity contribution < 1.29 is 9.47 Å². The fraction of sp³-hybridized carbons (Fsp3) is 0.696. The minimum atomic E-state index is 0.333. The molecule has 0 radical (unpaired) electrons. The number of ether oxygens (including phenoxy) is 2. The molecule has 1 aromatic carbocycles. The Kier molecular flexibility index (Phi) is 8.16. The highest BCUT2D eigenvalue weighted by molar-refractivity contribution is 5.79. The van der Waals surface area contributed by atoms with Crippen LogP contribution >= 0.6 is 0 Å². The predicted octanol–water partition coefficient (Wildman–Crippen LogP) is 4.02. The molecule has 1 aliphatic heterocycles. The Morgan fingerprint density at radius 1 is 1.18 bits per heavy atom. The Morgan fingerprint density at radius 3 is 2.64 bits per heavy atom. The monoisotopic (exact) mass is 387 g/mol. The van der Waals surface area contributed by atoms with Crippen LogP contribution in [0.15, 0.2) is 29.3 Å². The lowest BCUT2D eigenvalue weighted by Gasteiger charge is -2.28. The minimum absolute atomic E-state index is 0.333. The third-order valence-electron chi connectivity index (χ3n) is 6.37. The van der Waals surface area contributed by atoms with Gasteiger partial charge in [0.15, 0.2) is 5.96 Å². The number of hydrogen-bond donors (Lipinski definition) is 2. The van der Waals surface area contributed by atoms with Crippen LogP contribution in [0.2, 0.25) is 0 Å². The normalized spacial score (nSPS) is 20.3. The summed E-state index contributed by atoms with van der Waals surface area (Å²) in [6.07, 6.45) is 8.98. The van der Waals surface area contributed by atoms with Gasteiger partial charge in [0.1, 0.15) is 0 Å². The summed E-state index contributed by atoms with van der Waals surface area (Å²) < 4.78 is 11.4. The molecule has 2 fully saturated rings. The fourth-order valence-corrected chi connectivity index (χ4v) is 4.34. The molecule has 2 N–H and O–H groups in total. The Labute approximate surface area is 170 Å². The first-order valence-corrected chi connectivity index (χ1v) is 10.9. The summed E-state index contributed by atoms with van der Waals surface area (Å²) in [5.74, 6) is 0.892. The quantitative estimate of drug-likeness (QED) is 0.523. The van der Waals surface area contributed by atoms with Crippen molar-refractivity contribution in [3.63, 3.8) is 0 Å². The van der Waals surface area contributed by atoms with E-state index in [1.165, 1.54) is 43.2 Å². The summed E-state index contributed by atoms with van der Waals surface area (Å²) in [5, 5.41) is 7.02. The van der Waals surface area contributed by atoms with Crippen LogP contribution < -0.4 is 10.6 Å². The molecule has 3 rings (SSSR count). The van der Waals surface area contributed by atoms with Gasteiger partial charge in [-0.2, -0.15) is 0 Å². The number of rotatable bonds is 8. The molecule has 5 heteroatoms. The summed E-state index contributed by atoms with van der Waals surface area (Å²) in [4.78, 5) is 4.41. The highest BCUT2D eigenvalue weighted by Crippen LogP contribution is 2.40. The van der Waals surface area contributed by atoms with Crippen molar-refractivity contribution >= 4 is 5.96 Å². The van der Waals surface area contributed by atoms with Crippen molar-refractivity contribution in [1.82, 2.24) is 10.6 Å². The van der Waals surface area contributed by atoms with E-state index in [1.807, 2.05) is 7.05 Å². The molecule has 0 unspecified atom stereocenters. The van der Waals surface area contributed by atoms with E-state index in [9.17, 15) is 0 Å². The molecule has 0 atom stereocenters. The Morgan fingerprint density at radius 2 is 1.93 bits per heavy atom. The molecule has 0 aromatic heterocycles. The third-order valence-corrected chi connectivity index (χ3v) is 6.37. The number of hydrogen-bond acceptors (Lipinski definition) is 3. The van der Waals surface area contributed by atoms with Crippen molar-refractivity contribution in [2.75, 3.05) is 26.8 Å². The van der Waals surface area contributed by atoms with Gasteiger partial charge < -0.3 is 20.1 Å². The van der Waals surface area contributed by atoms with Crippen molar-refractivity contribution in [2.45, 2.75) is 71.1 Å². The maximum Gasteiger partial charge on any atom is 0.191 e. The smallest absolute Gasteiger partial charge is 0.191 e. The first kappa shape index (κ1) is 21.1. The maximum atomic E-state index is 6.05. The van der Waals surface area contributed by atoms with Gasteiger partial charge in [-0.1, -0.05) is 44.0 Å². The molecule has 0 bridgehead atoms. The molecule has 2 aliphatic rings. The molecule has 0 amide bonds. The number of guanidine groups is 1. The standard InChI is InChI=1S/C23H37N3O2/c1-3-23(11-4-5-12-23)18-26-22(24-2)25-16-19-7-6-8-20(15-19)17-28-21-9-13-27-14-10-21/h6-8,15,21H,3-5,9-14,16-18H2,1-2H3,(H2,24,25,26). The average Bonchev–Trinajstić information content (AvgIpc) is 3.23. The van der Waals surface area contributed by atoms with E-state index in [0.29, 0.717) is 18.1 Å². The Bertz CT molecular complexity index is 620. The van der Waals surface area contributed by atoms with Crippen LogP contribution in [0.4, 0.5) is 0 Å². The number of nitrogens with one attached hydrogen (secondary N) is 2. The summed E-state index contributed by atoms with van der Waals surface area (Å²) in [7, 11) is 1.85. The van der Waals surface area contributed by atoms with Crippen molar-refractivity contribution in [1.29, 1.82) is 0 Å². The van der Waals surface area contributed by atoms with Crippen molar-refractivity contribution in [3.05, 3.63) is 35.4 Å². The lowest BCUT2D eigenvalue weighted by molar-refractivity contribution is -0.0390. The van der Waals surface area contributed by atoms with Gasteiger partial charge in [0, 0.05) is 33.4 Å². The van der Waals surface area contributed by atoms with Crippen LogP contribution in [0.1, 0.15) is 63.0 Å². The van der Waals surface area contributed by atoms with E-state index >= 15 is 0 Å². The lowest BCUT2D eigenvalue weighted by Crippen LogP contribution is -2.42. The molecular formula is C23H37N3O2. The van der Waals surface area contributed by atoms with Gasteiger partial charge in [-0.05, 0) is 48.6 Å². The molecule has 5 nitrogen and oxygen atoms in total. The fourth-order valence-electron chi connectivity index (χ4n) is 4.34. The molecule has 1 aromatic rings. The van der Waals surface area contributed by atoms with E-state index in [2.05, 4.69) is 46.8 Å². The number of nitrogens with zero attached hydrogens (tertiary/aromatic N) is 1. The first-order valence-electron chi connectivity index (χ1n) is 10.9. The zero-order valence-corrected chi connectivity index (χ0v) is 17.6. The van der Waals surface area contributed by atoms with Crippen LogP contribution in [0.25, 0.3) is 0 Å². The molecule has 28 heavy (non-hydrogen) atoms. The van der Waals surface area contributed by atoms with E-state index in [0.717, 1.165) is 45.1 Å². The van der Waals surface area contributed by atoms with Crippen LogP contribution in [0.5, 0.6) is 0 Å². The molecule has 156 valence electrons. The molecular weight excluding hydrogens is 350 g/mol. The van der Waals surface area contributed by atoms with Crippen LogP contribution in [0, 0.1) is 5.41 Å². The van der Waals surface area contributed by atoms with Crippen molar-refractivity contribution in [2.24, 2.45) is 10.4 Å². The summed E-state index contributed by atoms with van der Waals surface area (Å²) in [6, 6.07) is 8.63. The highest BCUT2D eigenvalue weighted by Gasteiger charge is 2.31. The number of benzene rings is 1. The van der Waals surface area contributed by atoms with Crippen LogP contribution in [-0.4, -0.2) is 38.9 Å². The second-order valence-electron chi connectivity index (χ2n) is 8.28. The van der Waals surface area contributed by atoms with Gasteiger partial charge in [-0.15, -0.1) is 0 Å². The molecule has 0 spiro atoms. The molecule has 1 heterocycles. The van der Waals surface area contributed by atoms with Gasteiger partial charge in [0.05, 0.1) is 12.7 Å². The second kappa shape index (κ2) is 10.8. The Hall–Kier alpha value is -1.59. The van der Waals surface area contributed by atoms with Gasteiger partial charge in [-0.25, -0.2) is 0 Å². The average molecular weight is 388 g/mol. The predicted molar refractivity (Wildman–Crippen MR) is 114 cm³/mol. The largest absolute Gasteiger partial charge is 0.381 e. The van der Waals surface area contributed by atoms with E-state index < -0.39 is 0 Å². The van der Waals surface area contributed by atoms with E-state index in [4.69, 9.17) is 9.47 Å². The summed E-state index contributed by atoms with van der Waals surface area (Å²) in [5.41, 5.74) is 2.94. The van der Waals surface area contributed by atoms with Gasteiger partial charge >= 0.3 is 0 Å². The SMILES string of the molecule is CCC1(CNC(=NC)NCc2cccc(COC3CCOCC3)c2)CCCC1. The summed E-state index contributed by atoms with van der Waals surface area (Å²) >= 11 is 0. The topological polar surface area (TPSA) is 54.9 Å². The van der Waals surface area contributed by atoms with Gasteiger partial charge in [0.25, 0.3) is 0 Å². The van der Waals surface area contributed by atoms with Crippen LogP contribution in [0.3, 0.4) is 0 Å². The minimum Gasteiger partial charge on any atom is -0.381 e. The van der Waals surface area contributed by atoms with Gasteiger partial charge in [-0.3, -0.25) is 4.99 Å². The molecule has 1 saturated heterocycles. The zero-order valence-electron chi connectivity index (χ0n) is 17.6. The first-order chi connectivity index (χ1) is 13.7. The van der Waals surface area contributed by atoms with Gasteiger partial charge in [0.2, 0.25) is 0 Å². The van der Waals surface area contributed by atoms with E-state index in [-0.39, 0.29) is 0 Å². The highest BCUT2D eigenvalue weighted by atomic mass is 16.5. The second-order valence-corrected chi connectivity index (χ2v) is 8.28. The third kappa shape index (κ3) is 6.21. The summed E-state index contributed by atoms with van der Waals surface area (Å²) in [6.45, 7) is 6.41. The van der Waals surface area contributed by atoms with E-state index in [1.54, 1.807) is 0 Å². The zero-order chi connectivity index (χ0) is 19.7. The lowest BCUT2D eigenvalue weighted by atomic mass is 9.83. The van der Waals surface area contributed by atoms with Crippen molar-refractivity contribution in [3.8, 4) is 0 Å².